The van der Waals surface area contributed by atoms with Gasteiger partial charge in [-0.2, -0.15) is 0 Å². The smallest absolute Gasteiger partial charge is 0.337 e. The Kier molecular flexibility index (Phi) is 5.54. The number of nitrogens with zero attached hydrogens (tertiary/aromatic N) is 1. The fraction of sp³-hybridized carbons (Fsp3) is 0.471. The molecule has 1 atom stereocenters. The van der Waals surface area contributed by atoms with Crippen molar-refractivity contribution in [3.05, 3.63) is 29.6 Å². The van der Waals surface area contributed by atoms with Gasteiger partial charge in [-0.05, 0) is 31.0 Å². The number of carbonyl (C=O) groups excluding carboxylic acids is 3. The van der Waals surface area contributed by atoms with Gasteiger partial charge in [-0.3, -0.25) is 9.59 Å². The third-order valence-corrected chi connectivity index (χ3v) is 3.98. The van der Waals surface area contributed by atoms with E-state index in [1.54, 1.807) is 13.8 Å². The molecule has 1 aromatic carbocycles. The Morgan fingerprint density at radius 2 is 2.04 bits per heavy atom. The van der Waals surface area contributed by atoms with Crippen LogP contribution in [0.2, 0.25) is 0 Å². The van der Waals surface area contributed by atoms with Crippen LogP contribution in [0.5, 0.6) is 0 Å². The van der Waals surface area contributed by atoms with E-state index >= 15 is 0 Å². The highest BCUT2D eigenvalue weighted by Gasteiger charge is 2.35. The van der Waals surface area contributed by atoms with E-state index in [9.17, 15) is 18.8 Å². The maximum Gasteiger partial charge on any atom is 0.337 e. The van der Waals surface area contributed by atoms with Gasteiger partial charge in [-0.1, -0.05) is 13.8 Å². The SMILES string of the molecule is COC(=O)c1ccc(F)c(NC(=O)C2CCCN2C(=O)C(C)C)c1. The summed E-state index contributed by atoms with van der Waals surface area (Å²) in [6.45, 7) is 4.06. The van der Waals surface area contributed by atoms with Gasteiger partial charge in [0, 0.05) is 12.5 Å². The highest BCUT2D eigenvalue weighted by Crippen LogP contribution is 2.23. The summed E-state index contributed by atoms with van der Waals surface area (Å²) in [5.41, 5.74) is 0.0301. The molecule has 0 bridgehead atoms. The molecule has 2 rings (SSSR count). The molecule has 2 amide bonds. The van der Waals surface area contributed by atoms with Crippen LogP contribution in [0.3, 0.4) is 0 Å². The predicted octanol–water partition coefficient (Wildman–Crippen LogP) is 2.20. The zero-order valence-corrected chi connectivity index (χ0v) is 14.0. The van der Waals surface area contributed by atoms with E-state index in [0.29, 0.717) is 13.0 Å². The van der Waals surface area contributed by atoms with Gasteiger partial charge in [0.25, 0.3) is 0 Å². The maximum atomic E-state index is 13.9. The number of methoxy groups -OCH3 is 1. The molecule has 0 spiro atoms. The van der Waals surface area contributed by atoms with Crippen LogP contribution in [0.15, 0.2) is 18.2 Å². The van der Waals surface area contributed by atoms with Crippen LogP contribution in [0.4, 0.5) is 10.1 Å². The van der Waals surface area contributed by atoms with Gasteiger partial charge in [0.2, 0.25) is 11.8 Å². The molecule has 1 fully saturated rings. The van der Waals surface area contributed by atoms with E-state index in [0.717, 1.165) is 12.5 Å². The number of ether oxygens (including phenoxy) is 1. The molecular formula is C17H21FN2O4. The number of halogens is 1. The van der Waals surface area contributed by atoms with Crippen molar-refractivity contribution in [2.24, 2.45) is 5.92 Å². The third-order valence-electron chi connectivity index (χ3n) is 3.98. The van der Waals surface area contributed by atoms with E-state index < -0.39 is 23.7 Å². The van der Waals surface area contributed by atoms with E-state index in [1.807, 2.05) is 0 Å². The van der Waals surface area contributed by atoms with Crippen molar-refractivity contribution in [1.29, 1.82) is 0 Å². The van der Waals surface area contributed by atoms with Crippen molar-refractivity contribution in [1.82, 2.24) is 4.90 Å². The van der Waals surface area contributed by atoms with Gasteiger partial charge < -0.3 is 15.0 Å². The van der Waals surface area contributed by atoms with Gasteiger partial charge in [0.05, 0.1) is 18.4 Å². The van der Waals surface area contributed by atoms with Crippen LogP contribution in [0, 0.1) is 11.7 Å². The summed E-state index contributed by atoms with van der Waals surface area (Å²) >= 11 is 0. The molecule has 1 aliphatic rings. The lowest BCUT2D eigenvalue weighted by molar-refractivity contribution is -0.139. The molecule has 1 aromatic rings. The van der Waals surface area contributed by atoms with Crippen molar-refractivity contribution in [2.45, 2.75) is 32.7 Å². The number of rotatable bonds is 4. The number of esters is 1. The van der Waals surface area contributed by atoms with Crippen LogP contribution >= 0.6 is 0 Å². The molecule has 7 heteroatoms. The second-order valence-corrected chi connectivity index (χ2v) is 6.02. The van der Waals surface area contributed by atoms with Crippen molar-refractivity contribution in [3.63, 3.8) is 0 Å². The first-order valence-corrected chi connectivity index (χ1v) is 7.84. The normalized spacial score (nSPS) is 17.0. The molecule has 0 aromatic heterocycles. The number of benzene rings is 1. The number of nitrogens with one attached hydrogen (secondary N) is 1. The largest absolute Gasteiger partial charge is 0.465 e. The predicted molar refractivity (Wildman–Crippen MR) is 85.9 cm³/mol. The summed E-state index contributed by atoms with van der Waals surface area (Å²) < 4.78 is 18.5. The van der Waals surface area contributed by atoms with Crippen LogP contribution in [-0.4, -0.2) is 42.4 Å². The lowest BCUT2D eigenvalue weighted by atomic mass is 10.1. The number of hydrogen-bond donors (Lipinski definition) is 1. The van der Waals surface area contributed by atoms with Gasteiger partial charge in [0.15, 0.2) is 0 Å². The fourth-order valence-electron chi connectivity index (χ4n) is 2.72. The van der Waals surface area contributed by atoms with E-state index in [2.05, 4.69) is 10.1 Å². The fourth-order valence-corrected chi connectivity index (χ4v) is 2.72. The zero-order chi connectivity index (χ0) is 17.9. The minimum absolute atomic E-state index is 0.101. The molecule has 0 saturated carbocycles. The Bertz CT molecular complexity index is 660. The number of hydrogen-bond acceptors (Lipinski definition) is 4. The average molecular weight is 336 g/mol. The standard InChI is InChI=1S/C17H21FN2O4/c1-10(2)16(22)20-8-4-5-14(20)15(21)19-13-9-11(17(23)24-3)6-7-12(13)18/h6-7,9-10,14H,4-5,8H2,1-3H3,(H,19,21). The van der Waals surface area contributed by atoms with Gasteiger partial charge in [0.1, 0.15) is 11.9 Å². The molecule has 130 valence electrons. The molecule has 1 heterocycles. The van der Waals surface area contributed by atoms with Crippen LogP contribution < -0.4 is 5.32 Å². The van der Waals surface area contributed by atoms with Gasteiger partial charge in [-0.25, -0.2) is 9.18 Å². The monoisotopic (exact) mass is 336 g/mol. The lowest BCUT2D eigenvalue weighted by Crippen LogP contribution is -2.44. The Morgan fingerprint density at radius 3 is 2.67 bits per heavy atom. The first-order chi connectivity index (χ1) is 11.3. The first-order valence-electron chi connectivity index (χ1n) is 7.84. The second kappa shape index (κ2) is 7.42. The van der Waals surface area contributed by atoms with Crippen molar-refractivity contribution >= 4 is 23.5 Å². The molecule has 1 N–H and O–H groups in total. The maximum absolute atomic E-state index is 13.9. The Labute approximate surface area is 140 Å². The average Bonchev–Trinajstić information content (AvgIpc) is 3.04. The quantitative estimate of drug-likeness (QED) is 0.855. The first kappa shape index (κ1) is 17.9. The number of amides is 2. The van der Waals surface area contributed by atoms with Crippen LogP contribution in [0.1, 0.15) is 37.0 Å². The Hall–Kier alpha value is -2.44. The highest BCUT2D eigenvalue weighted by molar-refractivity contribution is 5.99. The summed E-state index contributed by atoms with van der Waals surface area (Å²) in [7, 11) is 1.22. The lowest BCUT2D eigenvalue weighted by Gasteiger charge is -2.25. The highest BCUT2D eigenvalue weighted by atomic mass is 19.1. The van der Waals surface area contributed by atoms with Crippen molar-refractivity contribution in [2.75, 3.05) is 19.0 Å². The number of anilines is 1. The topological polar surface area (TPSA) is 75.7 Å². The van der Waals surface area contributed by atoms with Crippen LogP contribution in [0.25, 0.3) is 0 Å². The van der Waals surface area contributed by atoms with E-state index in [1.165, 1.54) is 24.1 Å². The summed E-state index contributed by atoms with van der Waals surface area (Å²) in [6, 6.07) is 2.97. The van der Waals surface area contributed by atoms with Gasteiger partial charge >= 0.3 is 5.97 Å². The van der Waals surface area contributed by atoms with Crippen molar-refractivity contribution in [3.8, 4) is 0 Å². The molecule has 6 nitrogen and oxygen atoms in total. The molecule has 1 saturated heterocycles. The summed E-state index contributed by atoms with van der Waals surface area (Å²) in [5, 5.41) is 2.48. The molecule has 1 unspecified atom stereocenters. The third kappa shape index (κ3) is 3.72. The molecule has 1 aliphatic heterocycles. The number of carbonyl (C=O) groups is 3. The summed E-state index contributed by atoms with van der Waals surface area (Å²) in [4.78, 5) is 37.7. The van der Waals surface area contributed by atoms with Gasteiger partial charge in [-0.15, -0.1) is 0 Å². The summed E-state index contributed by atoms with van der Waals surface area (Å²) in [6.07, 6.45) is 1.25. The van der Waals surface area contributed by atoms with Crippen molar-refractivity contribution < 1.29 is 23.5 Å². The number of likely N-dealkylation sites (tertiary alicyclic amines) is 1. The Balaban J connectivity index is 2.17. The second-order valence-electron chi connectivity index (χ2n) is 6.02. The van der Waals surface area contributed by atoms with E-state index in [4.69, 9.17) is 0 Å². The minimum Gasteiger partial charge on any atom is -0.465 e. The van der Waals surface area contributed by atoms with Crippen LogP contribution in [-0.2, 0) is 14.3 Å². The molecule has 0 aliphatic carbocycles. The van der Waals surface area contributed by atoms with E-state index in [-0.39, 0.29) is 23.1 Å². The molecule has 24 heavy (non-hydrogen) atoms. The summed E-state index contributed by atoms with van der Waals surface area (Å²) in [5.74, 6) is -2.05. The molecular weight excluding hydrogens is 315 g/mol. The molecule has 0 radical (unpaired) electrons. The zero-order valence-electron chi connectivity index (χ0n) is 14.0. The Morgan fingerprint density at radius 1 is 1.33 bits per heavy atom. The minimum atomic E-state index is -0.657.